The minimum absolute atomic E-state index is 0.233. The normalized spacial score (nSPS) is 12.5. The van der Waals surface area contributed by atoms with Crippen molar-refractivity contribution in [3.63, 3.8) is 0 Å². The third kappa shape index (κ3) is 5.15. The third-order valence-corrected chi connectivity index (χ3v) is 2.42. The lowest BCUT2D eigenvalue weighted by Gasteiger charge is -2.13. The minimum Gasteiger partial charge on any atom is -0.492 e. The number of hydrogen-bond donors (Lipinski definition) is 1. The molecule has 0 spiro atoms. The van der Waals surface area contributed by atoms with Crippen molar-refractivity contribution in [3.05, 3.63) is 29.6 Å². The van der Waals surface area contributed by atoms with Gasteiger partial charge in [0.25, 0.3) is 0 Å². The summed E-state index contributed by atoms with van der Waals surface area (Å²) in [6, 6.07) is 5.19. The van der Waals surface area contributed by atoms with E-state index < -0.39 is 0 Å². The number of hydrogen-bond acceptors (Lipinski definition) is 3. The lowest BCUT2D eigenvalue weighted by atomic mass is 10.2. The van der Waals surface area contributed by atoms with Crippen molar-refractivity contribution in [2.24, 2.45) is 0 Å². The molecule has 0 saturated heterocycles. The van der Waals surface area contributed by atoms with Crippen molar-refractivity contribution in [2.75, 3.05) is 26.9 Å². The van der Waals surface area contributed by atoms with Gasteiger partial charge in [0.2, 0.25) is 0 Å². The van der Waals surface area contributed by atoms with E-state index in [4.69, 9.17) is 9.47 Å². The van der Waals surface area contributed by atoms with Crippen LogP contribution >= 0.6 is 0 Å². The molecule has 1 aromatic carbocycles. The lowest BCUT2D eigenvalue weighted by molar-refractivity contribution is 0.169. The highest BCUT2D eigenvalue weighted by molar-refractivity contribution is 5.27. The van der Waals surface area contributed by atoms with Crippen LogP contribution < -0.4 is 10.1 Å². The monoisotopic (exact) mass is 241 g/mol. The van der Waals surface area contributed by atoms with Crippen LogP contribution in [0.4, 0.5) is 4.39 Å². The van der Waals surface area contributed by atoms with E-state index in [0.717, 1.165) is 0 Å². The fourth-order valence-electron chi connectivity index (χ4n) is 1.45. The Bertz CT molecular complexity index is 344. The quantitative estimate of drug-likeness (QED) is 0.742. The zero-order valence-electron chi connectivity index (χ0n) is 10.6. The van der Waals surface area contributed by atoms with E-state index >= 15 is 0 Å². The Morgan fingerprint density at radius 2 is 2.18 bits per heavy atom. The molecule has 0 heterocycles. The summed E-state index contributed by atoms with van der Waals surface area (Å²) >= 11 is 0. The van der Waals surface area contributed by atoms with Gasteiger partial charge in [0.05, 0.1) is 6.61 Å². The summed E-state index contributed by atoms with van der Waals surface area (Å²) in [6.07, 6.45) is 0. The first-order chi connectivity index (χ1) is 8.13. The highest BCUT2D eigenvalue weighted by Crippen LogP contribution is 2.15. The Morgan fingerprint density at radius 3 is 2.82 bits per heavy atom. The Hall–Kier alpha value is -1.13. The van der Waals surface area contributed by atoms with Crippen LogP contribution in [-0.4, -0.2) is 32.9 Å². The highest BCUT2D eigenvalue weighted by atomic mass is 19.1. The van der Waals surface area contributed by atoms with Crippen LogP contribution in [0.25, 0.3) is 0 Å². The van der Waals surface area contributed by atoms with Gasteiger partial charge in [-0.25, -0.2) is 4.39 Å². The molecule has 0 amide bonds. The number of benzene rings is 1. The smallest absolute Gasteiger partial charge is 0.129 e. The summed E-state index contributed by atoms with van der Waals surface area (Å²) in [5.74, 6) is 0.331. The van der Waals surface area contributed by atoms with Crippen LogP contribution in [0.3, 0.4) is 0 Å². The standard InChI is InChI=1S/C13H20FNO2/c1-10-4-5-12(8-13(10)14)17-7-6-15-11(2)9-16-3/h4-5,8,11,15H,6-7,9H2,1-3H3. The van der Waals surface area contributed by atoms with Crippen molar-refractivity contribution in [2.45, 2.75) is 19.9 Å². The molecule has 1 unspecified atom stereocenters. The Balaban J connectivity index is 2.24. The maximum absolute atomic E-state index is 13.2. The van der Waals surface area contributed by atoms with Gasteiger partial charge in [0, 0.05) is 25.8 Å². The molecule has 0 aliphatic rings. The minimum atomic E-state index is -0.233. The van der Waals surface area contributed by atoms with Crippen LogP contribution in [0.15, 0.2) is 18.2 Å². The molecular weight excluding hydrogens is 221 g/mol. The molecule has 0 aliphatic carbocycles. The number of rotatable bonds is 7. The van der Waals surface area contributed by atoms with Crippen LogP contribution in [0.5, 0.6) is 5.75 Å². The Morgan fingerprint density at radius 1 is 1.41 bits per heavy atom. The topological polar surface area (TPSA) is 30.5 Å². The van der Waals surface area contributed by atoms with Crippen molar-refractivity contribution in [1.82, 2.24) is 5.32 Å². The van der Waals surface area contributed by atoms with Gasteiger partial charge in [-0.3, -0.25) is 0 Å². The van der Waals surface area contributed by atoms with Crippen LogP contribution in [0, 0.1) is 12.7 Å². The van der Waals surface area contributed by atoms with E-state index in [1.54, 1.807) is 26.2 Å². The number of nitrogens with one attached hydrogen (secondary N) is 1. The molecule has 96 valence electrons. The molecule has 0 aromatic heterocycles. The second-order valence-corrected chi connectivity index (χ2v) is 4.07. The van der Waals surface area contributed by atoms with Gasteiger partial charge >= 0.3 is 0 Å². The van der Waals surface area contributed by atoms with Gasteiger partial charge in [-0.15, -0.1) is 0 Å². The summed E-state index contributed by atoms with van der Waals surface area (Å²) < 4.78 is 23.6. The van der Waals surface area contributed by atoms with Gasteiger partial charge < -0.3 is 14.8 Å². The van der Waals surface area contributed by atoms with Gasteiger partial charge in [-0.1, -0.05) is 6.07 Å². The molecular formula is C13H20FNO2. The SMILES string of the molecule is COCC(C)NCCOc1ccc(C)c(F)c1. The summed E-state index contributed by atoms with van der Waals surface area (Å²) in [4.78, 5) is 0. The molecule has 0 radical (unpaired) electrons. The van der Waals surface area contributed by atoms with Crippen molar-refractivity contribution < 1.29 is 13.9 Å². The first-order valence-electron chi connectivity index (χ1n) is 5.74. The van der Waals surface area contributed by atoms with Gasteiger partial charge in [0.1, 0.15) is 18.2 Å². The van der Waals surface area contributed by atoms with Crippen LogP contribution in [0.1, 0.15) is 12.5 Å². The van der Waals surface area contributed by atoms with Gasteiger partial charge in [0.15, 0.2) is 0 Å². The first-order valence-corrected chi connectivity index (χ1v) is 5.74. The van der Waals surface area contributed by atoms with Gasteiger partial charge in [-0.05, 0) is 25.5 Å². The molecule has 3 nitrogen and oxygen atoms in total. The van der Waals surface area contributed by atoms with Gasteiger partial charge in [-0.2, -0.15) is 0 Å². The molecule has 0 fully saturated rings. The second kappa shape index (κ2) is 7.25. The molecule has 1 N–H and O–H groups in total. The average Bonchev–Trinajstić information content (AvgIpc) is 2.29. The Kier molecular flexibility index (Phi) is 5.94. The Labute approximate surface area is 102 Å². The molecule has 0 aliphatic heterocycles. The number of aryl methyl sites for hydroxylation is 1. The summed E-state index contributed by atoms with van der Waals surface area (Å²) in [6.45, 7) is 5.65. The fraction of sp³-hybridized carbons (Fsp3) is 0.538. The van der Waals surface area contributed by atoms with E-state index in [-0.39, 0.29) is 5.82 Å². The maximum Gasteiger partial charge on any atom is 0.129 e. The second-order valence-electron chi connectivity index (χ2n) is 4.07. The van der Waals surface area contributed by atoms with Crippen molar-refractivity contribution in [1.29, 1.82) is 0 Å². The van der Waals surface area contributed by atoms with Crippen LogP contribution in [0.2, 0.25) is 0 Å². The number of halogens is 1. The van der Waals surface area contributed by atoms with E-state index in [2.05, 4.69) is 5.32 Å². The molecule has 0 saturated carbocycles. The van der Waals surface area contributed by atoms with E-state index in [9.17, 15) is 4.39 Å². The predicted octanol–water partition coefficient (Wildman–Crippen LogP) is 2.14. The highest BCUT2D eigenvalue weighted by Gasteiger charge is 2.01. The number of methoxy groups -OCH3 is 1. The molecule has 4 heteroatoms. The largest absolute Gasteiger partial charge is 0.492 e. The number of ether oxygens (including phenoxy) is 2. The summed E-state index contributed by atoms with van der Waals surface area (Å²) in [7, 11) is 1.67. The van der Waals surface area contributed by atoms with Crippen molar-refractivity contribution in [3.8, 4) is 5.75 Å². The lowest BCUT2D eigenvalue weighted by Crippen LogP contribution is -2.33. The van der Waals surface area contributed by atoms with E-state index in [1.165, 1.54) is 6.07 Å². The molecule has 17 heavy (non-hydrogen) atoms. The molecule has 0 bridgehead atoms. The average molecular weight is 241 g/mol. The van der Waals surface area contributed by atoms with E-state index in [0.29, 0.717) is 37.1 Å². The molecule has 1 rings (SSSR count). The summed E-state index contributed by atoms with van der Waals surface area (Å²) in [5.41, 5.74) is 0.629. The predicted molar refractivity (Wildman–Crippen MR) is 66.0 cm³/mol. The first kappa shape index (κ1) is 13.9. The maximum atomic E-state index is 13.2. The fourth-order valence-corrected chi connectivity index (χ4v) is 1.45. The zero-order valence-corrected chi connectivity index (χ0v) is 10.6. The zero-order chi connectivity index (χ0) is 12.7. The van der Waals surface area contributed by atoms with Crippen molar-refractivity contribution >= 4 is 0 Å². The summed E-state index contributed by atoms with van der Waals surface area (Å²) in [5, 5.41) is 3.24. The van der Waals surface area contributed by atoms with E-state index in [1.807, 2.05) is 6.92 Å². The molecule has 1 aromatic rings. The molecule has 1 atom stereocenters. The van der Waals surface area contributed by atoms with Crippen LogP contribution in [-0.2, 0) is 4.74 Å². The third-order valence-electron chi connectivity index (χ3n) is 2.42.